The van der Waals surface area contributed by atoms with Gasteiger partial charge in [-0.3, -0.25) is 4.31 Å². The van der Waals surface area contributed by atoms with Gasteiger partial charge in [-0.05, 0) is 23.4 Å². The Kier molecular flexibility index (Phi) is 2.11. The van der Waals surface area contributed by atoms with Crippen LogP contribution in [0, 0.1) is 0 Å². The van der Waals surface area contributed by atoms with E-state index in [0.29, 0.717) is 0 Å². The normalized spacial score (nSPS) is 16.8. The van der Waals surface area contributed by atoms with E-state index >= 15 is 0 Å². The molecule has 1 aliphatic rings. The molecule has 0 bridgehead atoms. The highest BCUT2D eigenvalue weighted by molar-refractivity contribution is 8.01. The van der Waals surface area contributed by atoms with Gasteiger partial charge >= 0.3 is 0 Å². The lowest BCUT2D eigenvalue weighted by Gasteiger charge is -2.09. The third-order valence-electron chi connectivity index (χ3n) is 0.709. The van der Waals surface area contributed by atoms with Crippen LogP contribution in [-0.4, -0.2) is 9.80 Å². The fourth-order valence-corrected chi connectivity index (χ4v) is 1.09. The lowest BCUT2D eigenvalue weighted by atomic mass is 10.6. The van der Waals surface area contributed by atoms with Crippen LogP contribution in [0.5, 0.6) is 0 Å². The van der Waals surface area contributed by atoms with Crippen LogP contribution in [0.2, 0.25) is 0 Å². The molecule has 1 rings (SSSR count). The number of nitrogens with zero attached hydrogens (tertiary/aromatic N) is 1. The molecule has 0 radical (unpaired) electrons. The first-order valence-electron chi connectivity index (χ1n) is 2.17. The molecule has 1 nitrogen and oxygen atoms in total. The maximum absolute atomic E-state index is 4.67. The molecule has 0 amide bonds. The lowest BCUT2D eigenvalue weighted by Crippen LogP contribution is -2.01. The number of hydrogen-bond acceptors (Lipinski definition) is 2. The van der Waals surface area contributed by atoms with Crippen molar-refractivity contribution in [3.8, 4) is 0 Å². The van der Waals surface area contributed by atoms with Crippen LogP contribution in [-0.2, 0) is 0 Å². The van der Waals surface area contributed by atoms with Gasteiger partial charge in [0, 0.05) is 6.20 Å². The summed E-state index contributed by atoms with van der Waals surface area (Å²) in [6.07, 6.45) is 5.83. The topological polar surface area (TPSA) is 3.24 Å². The van der Waals surface area contributed by atoms with Crippen LogP contribution in [0.25, 0.3) is 0 Å². The van der Waals surface area contributed by atoms with Crippen LogP contribution < -0.4 is 0 Å². The first-order chi connectivity index (χ1) is 3.93. The molecular formula is C5H5NS2. The molecule has 0 unspecified atom stereocenters. The number of thiocarbonyl (C=S) groups is 1. The summed E-state index contributed by atoms with van der Waals surface area (Å²) in [5.74, 6) is 0. The molecule has 0 aliphatic carbocycles. The molecule has 8 heavy (non-hydrogen) atoms. The highest BCUT2D eigenvalue weighted by atomic mass is 32.2. The van der Waals surface area contributed by atoms with Crippen molar-refractivity contribution >= 4 is 29.7 Å². The Hall–Kier alpha value is -0.280. The zero-order chi connectivity index (χ0) is 5.82. The van der Waals surface area contributed by atoms with Gasteiger partial charge in [0.2, 0.25) is 0 Å². The smallest absolute Gasteiger partial charge is 0.0789 e. The quantitative estimate of drug-likeness (QED) is 0.408. The Bertz CT molecular complexity index is 139. The van der Waals surface area contributed by atoms with Crippen LogP contribution >= 0.6 is 24.2 Å². The van der Waals surface area contributed by atoms with Gasteiger partial charge < -0.3 is 0 Å². The number of allylic oxidation sites excluding steroid dienone is 2. The molecule has 0 aromatic rings. The molecule has 0 atom stereocenters. The lowest BCUT2D eigenvalue weighted by molar-refractivity contribution is 0.983. The van der Waals surface area contributed by atoms with E-state index in [1.807, 2.05) is 28.1 Å². The average Bonchev–Trinajstić information content (AvgIpc) is 1.90. The second kappa shape index (κ2) is 2.89. The van der Waals surface area contributed by atoms with Crippen LogP contribution in [0.15, 0.2) is 23.8 Å². The van der Waals surface area contributed by atoms with Crippen molar-refractivity contribution in [1.82, 2.24) is 4.31 Å². The molecule has 0 saturated carbocycles. The SMILES string of the molecule is S=CN1C=CC=CS1. The van der Waals surface area contributed by atoms with E-state index in [4.69, 9.17) is 0 Å². The van der Waals surface area contributed by atoms with Crippen LogP contribution in [0.1, 0.15) is 0 Å². The second-order valence-corrected chi connectivity index (χ2v) is 2.36. The van der Waals surface area contributed by atoms with E-state index in [1.165, 1.54) is 0 Å². The predicted molar refractivity (Wildman–Crippen MR) is 41.4 cm³/mol. The summed E-state index contributed by atoms with van der Waals surface area (Å²) in [6.45, 7) is 0. The molecule has 42 valence electrons. The number of rotatable bonds is 1. The van der Waals surface area contributed by atoms with Gasteiger partial charge in [0.15, 0.2) is 0 Å². The molecule has 0 N–H and O–H groups in total. The molecular weight excluding hydrogens is 138 g/mol. The Balaban J connectivity index is 2.51. The van der Waals surface area contributed by atoms with Crippen molar-refractivity contribution < 1.29 is 0 Å². The zero-order valence-corrected chi connectivity index (χ0v) is 5.78. The Morgan fingerprint density at radius 2 is 2.38 bits per heavy atom. The Labute approximate surface area is 58.2 Å². The molecule has 1 aliphatic heterocycles. The van der Waals surface area contributed by atoms with Gasteiger partial charge in [-0.25, -0.2) is 0 Å². The molecule has 0 saturated heterocycles. The third kappa shape index (κ3) is 1.35. The minimum Gasteiger partial charge on any atom is -0.285 e. The van der Waals surface area contributed by atoms with Crippen molar-refractivity contribution in [2.75, 3.05) is 0 Å². The molecule has 1 heterocycles. The van der Waals surface area contributed by atoms with Crippen molar-refractivity contribution in [1.29, 1.82) is 0 Å². The van der Waals surface area contributed by atoms with Gasteiger partial charge in [-0.2, -0.15) is 0 Å². The standard InChI is InChI=1S/C5H5NS2/c7-5-6-3-1-2-4-8-6/h1-5H. The maximum Gasteiger partial charge on any atom is 0.0789 e. The summed E-state index contributed by atoms with van der Waals surface area (Å²) < 4.78 is 1.86. The monoisotopic (exact) mass is 143 g/mol. The molecule has 0 aromatic carbocycles. The first kappa shape index (κ1) is 5.85. The zero-order valence-electron chi connectivity index (χ0n) is 4.15. The van der Waals surface area contributed by atoms with E-state index in [1.54, 1.807) is 17.4 Å². The van der Waals surface area contributed by atoms with Crippen molar-refractivity contribution in [2.45, 2.75) is 0 Å². The molecule has 0 spiro atoms. The Morgan fingerprint density at radius 3 is 2.75 bits per heavy atom. The summed E-state index contributed by atoms with van der Waals surface area (Å²) in [5.41, 5.74) is 1.60. The highest BCUT2D eigenvalue weighted by Crippen LogP contribution is 2.13. The third-order valence-corrected chi connectivity index (χ3v) is 1.82. The van der Waals surface area contributed by atoms with Gasteiger partial charge in [-0.1, -0.05) is 18.3 Å². The highest BCUT2D eigenvalue weighted by Gasteiger charge is 1.91. The summed E-state index contributed by atoms with van der Waals surface area (Å²) in [5, 5.41) is 1.98. The molecule has 0 fully saturated rings. The van der Waals surface area contributed by atoms with Gasteiger partial charge in [0.1, 0.15) is 0 Å². The van der Waals surface area contributed by atoms with Gasteiger partial charge in [-0.15, -0.1) is 0 Å². The van der Waals surface area contributed by atoms with E-state index in [0.717, 1.165) is 0 Å². The predicted octanol–water partition coefficient (Wildman–Crippen LogP) is 1.93. The van der Waals surface area contributed by atoms with Gasteiger partial charge in [0.25, 0.3) is 0 Å². The summed E-state index contributed by atoms with van der Waals surface area (Å²) in [6, 6.07) is 0. The fraction of sp³-hybridized carbons (Fsp3) is 0. The van der Waals surface area contributed by atoms with Crippen molar-refractivity contribution in [2.24, 2.45) is 0 Å². The average molecular weight is 143 g/mol. The fourth-order valence-electron chi connectivity index (χ4n) is 0.380. The largest absolute Gasteiger partial charge is 0.285 e. The number of hydrogen-bond donors (Lipinski definition) is 0. The first-order valence-corrected chi connectivity index (χ1v) is 3.48. The summed E-state index contributed by atoms with van der Waals surface area (Å²) >= 11 is 6.24. The van der Waals surface area contributed by atoms with E-state index < -0.39 is 0 Å². The maximum atomic E-state index is 4.67. The van der Waals surface area contributed by atoms with Crippen LogP contribution in [0.4, 0.5) is 0 Å². The molecule has 0 aromatic heterocycles. The summed E-state index contributed by atoms with van der Waals surface area (Å²) in [4.78, 5) is 0. The van der Waals surface area contributed by atoms with Crippen molar-refractivity contribution in [3.63, 3.8) is 0 Å². The van der Waals surface area contributed by atoms with E-state index in [2.05, 4.69) is 12.2 Å². The summed E-state index contributed by atoms with van der Waals surface area (Å²) in [7, 11) is 0. The molecule has 3 heteroatoms. The second-order valence-electron chi connectivity index (χ2n) is 1.24. The van der Waals surface area contributed by atoms with Crippen molar-refractivity contribution in [3.05, 3.63) is 23.8 Å². The minimum atomic E-state index is 1.57. The van der Waals surface area contributed by atoms with E-state index in [-0.39, 0.29) is 0 Å². The van der Waals surface area contributed by atoms with Gasteiger partial charge in [0.05, 0.1) is 5.49 Å². The minimum absolute atomic E-state index is 1.57. The van der Waals surface area contributed by atoms with Crippen LogP contribution in [0.3, 0.4) is 0 Å². The Morgan fingerprint density at radius 1 is 1.50 bits per heavy atom. The van der Waals surface area contributed by atoms with E-state index in [9.17, 15) is 0 Å².